The third kappa shape index (κ3) is 5.58. The highest BCUT2D eigenvalue weighted by atomic mass is 32.1. The van der Waals surface area contributed by atoms with Crippen molar-refractivity contribution in [1.82, 2.24) is 5.43 Å². The van der Waals surface area contributed by atoms with Crippen LogP contribution in [0.4, 0.5) is 5.69 Å². The Balaban J connectivity index is 1.85. The standard InChI is InChI=1S/C17H17N3S/c1-14(12-13-15-8-4-2-5-9-15)19-20-17(21)18-16-10-6-3-7-11-16/h2-13H,1H3,(H2,18,20,21)/b13-12+,19-14-. The van der Waals surface area contributed by atoms with E-state index in [0.29, 0.717) is 5.11 Å². The Morgan fingerprint density at radius 3 is 2.29 bits per heavy atom. The van der Waals surface area contributed by atoms with Crippen LogP contribution < -0.4 is 10.7 Å². The highest BCUT2D eigenvalue weighted by Gasteiger charge is 1.94. The van der Waals surface area contributed by atoms with Crippen molar-refractivity contribution in [3.63, 3.8) is 0 Å². The van der Waals surface area contributed by atoms with E-state index in [-0.39, 0.29) is 0 Å². The lowest BCUT2D eigenvalue weighted by Gasteiger charge is -2.06. The molecule has 0 radical (unpaired) electrons. The average Bonchev–Trinajstić information content (AvgIpc) is 2.53. The van der Waals surface area contributed by atoms with Gasteiger partial charge in [-0.1, -0.05) is 54.6 Å². The molecular weight excluding hydrogens is 278 g/mol. The fourth-order valence-electron chi connectivity index (χ4n) is 1.64. The van der Waals surface area contributed by atoms with Crippen LogP contribution in [-0.4, -0.2) is 10.8 Å². The molecule has 3 nitrogen and oxygen atoms in total. The summed E-state index contributed by atoms with van der Waals surface area (Å²) in [5.41, 5.74) is 5.74. The first-order chi connectivity index (χ1) is 10.2. The lowest BCUT2D eigenvalue weighted by atomic mass is 10.2. The molecule has 0 aliphatic carbocycles. The van der Waals surface area contributed by atoms with Crippen LogP contribution in [0.2, 0.25) is 0 Å². The van der Waals surface area contributed by atoms with Crippen molar-refractivity contribution in [2.24, 2.45) is 5.10 Å². The number of nitrogens with one attached hydrogen (secondary N) is 2. The Bertz CT molecular complexity index is 634. The summed E-state index contributed by atoms with van der Waals surface area (Å²) in [4.78, 5) is 0. The summed E-state index contributed by atoms with van der Waals surface area (Å²) in [7, 11) is 0. The zero-order valence-corrected chi connectivity index (χ0v) is 12.6. The van der Waals surface area contributed by atoms with Crippen LogP contribution in [0.5, 0.6) is 0 Å². The Hall–Kier alpha value is -2.46. The first-order valence-electron chi connectivity index (χ1n) is 6.63. The molecule has 21 heavy (non-hydrogen) atoms. The van der Waals surface area contributed by atoms with Gasteiger partial charge in [0, 0.05) is 5.69 Å². The average molecular weight is 295 g/mol. The number of allylic oxidation sites excluding steroid dienone is 1. The highest BCUT2D eigenvalue weighted by Crippen LogP contribution is 2.04. The maximum atomic E-state index is 5.18. The van der Waals surface area contributed by atoms with Crippen molar-refractivity contribution in [2.75, 3.05) is 5.32 Å². The molecule has 0 aromatic heterocycles. The molecule has 0 unspecified atom stereocenters. The van der Waals surface area contributed by atoms with E-state index in [1.165, 1.54) is 0 Å². The van der Waals surface area contributed by atoms with Gasteiger partial charge in [-0.2, -0.15) is 5.10 Å². The molecule has 2 aromatic rings. The van der Waals surface area contributed by atoms with Crippen LogP contribution in [0.15, 0.2) is 71.8 Å². The van der Waals surface area contributed by atoms with Crippen LogP contribution in [0, 0.1) is 0 Å². The third-order valence-electron chi connectivity index (χ3n) is 2.68. The number of hydrogen-bond donors (Lipinski definition) is 2. The number of nitrogens with zero attached hydrogens (tertiary/aromatic N) is 1. The molecule has 0 aliphatic heterocycles. The van der Waals surface area contributed by atoms with E-state index in [2.05, 4.69) is 15.8 Å². The lowest BCUT2D eigenvalue weighted by Crippen LogP contribution is -2.24. The SMILES string of the molecule is CC(/C=C/c1ccccc1)=N/NC(=S)Nc1ccccc1. The van der Waals surface area contributed by atoms with Gasteiger partial charge in [-0.3, -0.25) is 5.43 Å². The van der Waals surface area contributed by atoms with Crippen molar-refractivity contribution in [2.45, 2.75) is 6.92 Å². The molecule has 0 bridgehead atoms. The molecule has 4 heteroatoms. The van der Waals surface area contributed by atoms with E-state index >= 15 is 0 Å². The molecule has 0 aliphatic rings. The molecule has 0 spiro atoms. The number of thiocarbonyl (C=S) groups is 1. The van der Waals surface area contributed by atoms with Gasteiger partial charge in [-0.25, -0.2) is 0 Å². The number of rotatable bonds is 4. The van der Waals surface area contributed by atoms with Crippen LogP contribution in [-0.2, 0) is 0 Å². The first-order valence-corrected chi connectivity index (χ1v) is 7.04. The Morgan fingerprint density at radius 2 is 1.62 bits per heavy atom. The van der Waals surface area contributed by atoms with E-state index in [1.807, 2.05) is 79.7 Å². The Morgan fingerprint density at radius 1 is 1.00 bits per heavy atom. The van der Waals surface area contributed by atoms with Crippen LogP contribution in [0.3, 0.4) is 0 Å². The quantitative estimate of drug-likeness (QED) is 0.507. The lowest BCUT2D eigenvalue weighted by molar-refractivity contribution is 1.04. The van der Waals surface area contributed by atoms with Gasteiger partial charge >= 0.3 is 0 Å². The van der Waals surface area contributed by atoms with Crippen molar-refractivity contribution in [1.29, 1.82) is 0 Å². The van der Waals surface area contributed by atoms with Gasteiger partial charge in [0.25, 0.3) is 0 Å². The van der Waals surface area contributed by atoms with Crippen molar-refractivity contribution in [3.8, 4) is 0 Å². The van der Waals surface area contributed by atoms with Crippen molar-refractivity contribution < 1.29 is 0 Å². The number of para-hydroxylation sites is 1. The summed E-state index contributed by atoms with van der Waals surface area (Å²) in [5.74, 6) is 0. The number of hydrazone groups is 1. The molecule has 0 heterocycles. The number of benzene rings is 2. The van der Waals surface area contributed by atoms with E-state index < -0.39 is 0 Å². The second-order valence-corrected chi connectivity index (χ2v) is 4.84. The molecule has 0 saturated carbocycles. The van der Waals surface area contributed by atoms with Gasteiger partial charge in [0.15, 0.2) is 5.11 Å². The number of anilines is 1. The van der Waals surface area contributed by atoms with Gasteiger partial charge < -0.3 is 5.32 Å². The summed E-state index contributed by atoms with van der Waals surface area (Å²) >= 11 is 5.18. The summed E-state index contributed by atoms with van der Waals surface area (Å²) in [6.07, 6.45) is 3.95. The van der Waals surface area contributed by atoms with Gasteiger partial charge in [-0.05, 0) is 42.9 Å². The van der Waals surface area contributed by atoms with E-state index in [4.69, 9.17) is 12.2 Å². The fraction of sp³-hybridized carbons (Fsp3) is 0.0588. The van der Waals surface area contributed by atoms with Crippen LogP contribution in [0.1, 0.15) is 12.5 Å². The van der Waals surface area contributed by atoms with Gasteiger partial charge in [0.05, 0.1) is 5.71 Å². The molecule has 106 valence electrons. The van der Waals surface area contributed by atoms with E-state index in [9.17, 15) is 0 Å². The normalized spacial score (nSPS) is 11.4. The monoisotopic (exact) mass is 295 g/mol. The van der Waals surface area contributed by atoms with Crippen molar-refractivity contribution >= 4 is 34.8 Å². The highest BCUT2D eigenvalue weighted by molar-refractivity contribution is 7.80. The summed E-state index contributed by atoms with van der Waals surface area (Å²) in [5, 5.41) is 7.74. The minimum Gasteiger partial charge on any atom is -0.331 e. The first kappa shape index (κ1) is 14.9. The minimum absolute atomic E-state index is 0.466. The van der Waals surface area contributed by atoms with Gasteiger partial charge in [0.1, 0.15) is 0 Å². The van der Waals surface area contributed by atoms with E-state index in [1.54, 1.807) is 0 Å². The predicted molar refractivity (Wildman–Crippen MR) is 94.4 cm³/mol. The molecule has 2 rings (SSSR count). The molecule has 0 saturated heterocycles. The predicted octanol–water partition coefficient (Wildman–Crippen LogP) is 4.06. The molecule has 0 atom stereocenters. The molecular formula is C17H17N3S. The topological polar surface area (TPSA) is 36.4 Å². The third-order valence-corrected chi connectivity index (χ3v) is 2.88. The zero-order valence-electron chi connectivity index (χ0n) is 11.8. The maximum absolute atomic E-state index is 5.18. The summed E-state index contributed by atoms with van der Waals surface area (Å²) in [6, 6.07) is 19.8. The number of hydrogen-bond acceptors (Lipinski definition) is 2. The maximum Gasteiger partial charge on any atom is 0.191 e. The molecule has 2 N–H and O–H groups in total. The molecule has 0 amide bonds. The minimum atomic E-state index is 0.466. The zero-order chi connectivity index (χ0) is 14.9. The van der Waals surface area contributed by atoms with Gasteiger partial charge in [-0.15, -0.1) is 0 Å². The Labute approximate surface area is 130 Å². The fourth-order valence-corrected chi connectivity index (χ4v) is 1.80. The second-order valence-electron chi connectivity index (χ2n) is 4.43. The summed E-state index contributed by atoms with van der Waals surface area (Å²) < 4.78 is 0. The molecule has 0 fully saturated rings. The van der Waals surface area contributed by atoms with Crippen LogP contribution >= 0.6 is 12.2 Å². The van der Waals surface area contributed by atoms with Gasteiger partial charge in [0.2, 0.25) is 0 Å². The van der Waals surface area contributed by atoms with Crippen LogP contribution in [0.25, 0.3) is 6.08 Å². The second kappa shape index (κ2) is 7.97. The molecule has 2 aromatic carbocycles. The Kier molecular flexibility index (Phi) is 5.67. The van der Waals surface area contributed by atoms with E-state index in [0.717, 1.165) is 17.0 Å². The van der Waals surface area contributed by atoms with Crippen molar-refractivity contribution in [3.05, 3.63) is 72.3 Å². The summed E-state index contributed by atoms with van der Waals surface area (Å²) in [6.45, 7) is 1.91. The largest absolute Gasteiger partial charge is 0.331 e. The smallest absolute Gasteiger partial charge is 0.191 e.